The van der Waals surface area contributed by atoms with Crippen LogP contribution in [0, 0.1) is 0 Å². The highest BCUT2D eigenvalue weighted by molar-refractivity contribution is 9.11. The van der Waals surface area contributed by atoms with Crippen molar-refractivity contribution in [3.63, 3.8) is 0 Å². The second-order valence-corrected chi connectivity index (χ2v) is 4.38. The van der Waals surface area contributed by atoms with Crippen molar-refractivity contribution in [2.24, 2.45) is 0 Å². The van der Waals surface area contributed by atoms with E-state index in [1.54, 1.807) is 0 Å². The number of aliphatic hydroxyl groups is 1. The fourth-order valence-corrected chi connectivity index (χ4v) is 2.16. The van der Waals surface area contributed by atoms with Gasteiger partial charge < -0.3 is 5.11 Å². The molecule has 0 heterocycles. The summed E-state index contributed by atoms with van der Waals surface area (Å²) in [4.78, 5) is 0. The van der Waals surface area contributed by atoms with Crippen molar-refractivity contribution in [2.75, 3.05) is 0 Å². The van der Waals surface area contributed by atoms with E-state index in [2.05, 4.69) is 31.9 Å². The molecule has 14 heavy (non-hydrogen) atoms. The summed E-state index contributed by atoms with van der Waals surface area (Å²) in [5.41, 5.74) is -0.194. The Bertz CT molecular complexity index is 338. The average molecular weight is 334 g/mol. The summed E-state index contributed by atoms with van der Waals surface area (Å²) < 4.78 is 37.3. The summed E-state index contributed by atoms with van der Waals surface area (Å²) in [7, 11) is 0. The molecule has 1 unspecified atom stereocenters. The molecule has 0 spiro atoms. The van der Waals surface area contributed by atoms with Crippen LogP contribution in [-0.2, 0) is 0 Å². The molecule has 1 rings (SSSR count). The molecule has 1 aromatic carbocycles. The molecule has 0 aliphatic rings. The highest BCUT2D eigenvalue weighted by Gasteiger charge is 2.40. The predicted octanol–water partition coefficient (Wildman–Crippen LogP) is 3.81. The molecule has 1 atom stereocenters. The van der Waals surface area contributed by atoms with Gasteiger partial charge in [-0.05, 0) is 12.1 Å². The molecule has 0 saturated carbocycles. The lowest BCUT2D eigenvalue weighted by atomic mass is 10.1. The Morgan fingerprint density at radius 3 is 2.21 bits per heavy atom. The fraction of sp³-hybridized carbons (Fsp3) is 0.250. The summed E-state index contributed by atoms with van der Waals surface area (Å²) in [5.74, 6) is 0. The van der Waals surface area contributed by atoms with Gasteiger partial charge in [-0.15, -0.1) is 0 Å². The van der Waals surface area contributed by atoms with Crippen LogP contribution in [0.5, 0.6) is 0 Å². The number of halogens is 5. The Balaban J connectivity index is 3.08. The largest absolute Gasteiger partial charge is 0.418 e. The Labute approximate surface area is 95.2 Å². The van der Waals surface area contributed by atoms with Gasteiger partial charge >= 0.3 is 6.18 Å². The molecule has 0 fully saturated rings. The van der Waals surface area contributed by atoms with Crippen molar-refractivity contribution < 1.29 is 18.3 Å². The van der Waals surface area contributed by atoms with E-state index in [1.807, 2.05) is 0 Å². The molecular weight excluding hydrogens is 329 g/mol. The number of hydrogen-bond acceptors (Lipinski definition) is 1. The molecule has 1 nitrogen and oxygen atoms in total. The standard InChI is InChI=1S/C8H5Br2F3O/c9-4-1-2-5(6(10)3-4)7(14)8(11,12)13/h1-3,7,14H. The van der Waals surface area contributed by atoms with Gasteiger partial charge in [-0.25, -0.2) is 0 Å². The Morgan fingerprint density at radius 1 is 1.21 bits per heavy atom. The second kappa shape index (κ2) is 4.20. The molecule has 0 radical (unpaired) electrons. The van der Waals surface area contributed by atoms with Crippen LogP contribution in [0.1, 0.15) is 11.7 Å². The van der Waals surface area contributed by atoms with Crippen molar-refractivity contribution >= 4 is 31.9 Å². The molecule has 78 valence electrons. The van der Waals surface area contributed by atoms with Crippen LogP contribution in [0.2, 0.25) is 0 Å². The lowest BCUT2D eigenvalue weighted by molar-refractivity contribution is -0.207. The first-order valence-corrected chi connectivity index (χ1v) is 5.10. The maximum atomic E-state index is 12.1. The zero-order chi connectivity index (χ0) is 10.9. The summed E-state index contributed by atoms with van der Waals surface area (Å²) in [5, 5.41) is 8.96. The molecule has 0 saturated heterocycles. The van der Waals surface area contributed by atoms with Gasteiger partial charge in [0.2, 0.25) is 0 Å². The zero-order valence-corrected chi connectivity index (χ0v) is 9.82. The minimum absolute atomic E-state index is 0.194. The summed E-state index contributed by atoms with van der Waals surface area (Å²) in [6.07, 6.45) is -7.10. The predicted molar refractivity (Wildman–Crippen MR) is 52.9 cm³/mol. The molecule has 0 aliphatic carbocycles. The number of hydrogen-bond donors (Lipinski definition) is 1. The number of aliphatic hydroxyl groups excluding tert-OH is 1. The maximum absolute atomic E-state index is 12.1. The Morgan fingerprint density at radius 2 is 1.79 bits per heavy atom. The van der Waals surface area contributed by atoms with Gasteiger partial charge in [0.05, 0.1) is 0 Å². The monoisotopic (exact) mass is 332 g/mol. The number of rotatable bonds is 1. The van der Waals surface area contributed by atoms with Crippen molar-refractivity contribution in [3.05, 3.63) is 32.7 Å². The molecule has 1 aromatic rings. The Hall–Kier alpha value is -0.0700. The molecule has 0 aliphatic heterocycles. The van der Waals surface area contributed by atoms with E-state index in [0.717, 1.165) is 0 Å². The molecular formula is C8H5Br2F3O. The normalized spacial score (nSPS) is 14.1. The van der Waals surface area contributed by atoms with Crippen LogP contribution < -0.4 is 0 Å². The quantitative estimate of drug-likeness (QED) is 0.828. The lowest BCUT2D eigenvalue weighted by Crippen LogP contribution is -2.20. The summed E-state index contributed by atoms with van der Waals surface area (Å²) >= 11 is 6.05. The van der Waals surface area contributed by atoms with Gasteiger partial charge in [-0.2, -0.15) is 13.2 Å². The van der Waals surface area contributed by atoms with Crippen LogP contribution >= 0.6 is 31.9 Å². The van der Waals surface area contributed by atoms with Crippen LogP contribution in [0.3, 0.4) is 0 Å². The van der Waals surface area contributed by atoms with Crippen LogP contribution in [-0.4, -0.2) is 11.3 Å². The van der Waals surface area contributed by atoms with Gasteiger partial charge in [0.15, 0.2) is 6.10 Å². The lowest BCUT2D eigenvalue weighted by Gasteiger charge is -2.16. The molecule has 0 aromatic heterocycles. The van der Waals surface area contributed by atoms with E-state index >= 15 is 0 Å². The smallest absolute Gasteiger partial charge is 0.379 e. The minimum Gasteiger partial charge on any atom is -0.379 e. The topological polar surface area (TPSA) is 20.2 Å². The first-order valence-electron chi connectivity index (χ1n) is 3.52. The van der Waals surface area contributed by atoms with Gasteiger partial charge in [-0.1, -0.05) is 37.9 Å². The van der Waals surface area contributed by atoms with E-state index in [0.29, 0.717) is 4.47 Å². The number of benzene rings is 1. The van der Waals surface area contributed by atoms with Crippen LogP contribution in [0.4, 0.5) is 13.2 Å². The Kier molecular flexibility index (Phi) is 3.60. The third kappa shape index (κ3) is 2.71. The van der Waals surface area contributed by atoms with Crippen molar-refractivity contribution in [3.8, 4) is 0 Å². The first kappa shape index (κ1) is 12.0. The van der Waals surface area contributed by atoms with E-state index in [4.69, 9.17) is 5.11 Å². The van der Waals surface area contributed by atoms with Crippen LogP contribution in [0.25, 0.3) is 0 Å². The minimum atomic E-state index is -4.64. The van der Waals surface area contributed by atoms with E-state index in [-0.39, 0.29) is 10.0 Å². The van der Waals surface area contributed by atoms with Crippen molar-refractivity contribution in [2.45, 2.75) is 12.3 Å². The molecule has 0 amide bonds. The summed E-state index contributed by atoms with van der Waals surface area (Å²) in [6.45, 7) is 0. The van der Waals surface area contributed by atoms with Gasteiger partial charge in [0, 0.05) is 14.5 Å². The third-order valence-corrected chi connectivity index (χ3v) is 2.75. The average Bonchev–Trinajstić information content (AvgIpc) is 2.01. The number of alkyl halides is 3. The SMILES string of the molecule is OC(c1ccc(Br)cc1Br)C(F)(F)F. The first-order chi connectivity index (χ1) is 6.32. The third-order valence-electron chi connectivity index (χ3n) is 1.57. The van der Waals surface area contributed by atoms with Crippen LogP contribution in [0.15, 0.2) is 27.1 Å². The summed E-state index contributed by atoms with van der Waals surface area (Å²) in [6, 6.07) is 4.10. The molecule has 1 N–H and O–H groups in total. The molecule has 6 heteroatoms. The highest BCUT2D eigenvalue weighted by Crippen LogP contribution is 2.36. The fourth-order valence-electron chi connectivity index (χ4n) is 0.900. The van der Waals surface area contributed by atoms with Gasteiger partial charge in [0.25, 0.3) is 0 Å². The van der Waals surface area contributed by atoms with E-state index in [1.165, 1.54) is 18.2 Å². The zero-order valence-electron chi connectivity index (χ0n) is 6.65. The maximum Gasteiger partial charge on any atom is 0.418 e. The van der Waals surface area contributed by atoms with E-state index < -0.39 is 12.3 Å². The highest BCUT2D eigenvalue weighted by atomic mass is 79.9. The van der Waals surface area contributed by atoms with Gasteiger partial charge in [0.1, 0.15) is 0 Å². The van der Waals surface area contributed by atoms with Gasteiger partial charge in [-0.3, -0.25) is 0 Å². The molecule has 0 bridgehead atoms. The second-order valence-electron chi connectivity index (χ2n) is 2.61. The van der Waals surface area contributed by atoms with Crippen molar-refractivity contribution in [1.29, 1.82) is 0 Å². The van der Waals surface area contributed by atoms with E-state index in [9.17, 15) is 13.2 Å². The van der Waals surface area contributed by atoms with Crippen molar-refractivity contribution in [1.82, 2.24) is 0 Å².